The molecule has 12 unspecified atom stereocenters. The highest BCUT2D eigenvalue weighted by atomic mass is 16.6. The molecule has 220 valence electrons. The van der Waals surface area contributed by atoms with Crippen molar-refractivity contribution in [1.29, 1.82) is 0 Å². The van der Waals surface area contributed by atoms with E-state index in [1.54, 1.807) is 13.8 Å². The lowest BCUT2D eigenvalue weighted by atomic mass is 9.58. The summed E-state index contributed by atoms with van der Waals surface area (Å²) in [7, 11) is 0. The number of Topliss-reactive ketones (excluding diaryl/α,β-unsaturated/α-hetero) is 1. The normalized spacial score (nSPS) is 48.5. The van der Waals surface area contributed by atoms with Crippen LogP contribution in [0, 0.1) is 35.0 Å². The Morgan fingerprint density at radius 2 is 1.93 bits per heavy atom. The summed E-state index contributed by atoms with van der Waals surface area (Å²) < 4.78 is 18.2. The monoisotopic (exact) mass is 560 g/mol. The fourth-order valence-corrected chi connectivity index (χ4v) is 8.41. The molecule has 4 aliphatic carbocycles. The van der Waals surface area contributed by atoms with E-state index in [1.807, 2.05) is 20.8 Å². The molecule has 0 radical (unpaired) electrons. The lowest BCUT2D eigenvalue weighted by Crippen LogP contribution is -2.69. The first-order chi connectivity index (χ1) is 18.6. The number of aliphatic hydroxyl groups is 4. The lowest BCUT2D eigenvalue weighted by molar-refractivity contribution is -0.244. The van der Waals surface area contributed by atoms with Gasteiger partial charge in [0.05, 0.1) is 24.2 Å². The SMILES string of the molecule is C=C/C=C/C(=O)OC1C(C)C2(O)C(C3OC3(CO)C(O)C3(O)C(=O)C(C)=CC32)C2C(C)(C)C12OC(=O)C(C)CC. The number of rotatable bonds is 7. The van der Waals surface area contributed by atoms with Crippen molar-refractivity contribution in [2.24, 2.45) is 35.0 Å². The van der Waals surface area contributed by atoms with E-state index in [1.165, 1.54) is 31.2 Å². The van der Waals surface area contributed by atoms with Crippen molar-refractivity contribution < 1.29 is 49.0 Å². The predicted molar refractivity (Wildman–Crippen MR) is 140 cm³/mol. The summed E-state index contributed by atoms with van der Waals surface area (Å²) in [5, 5.41) is 46.7. The number of carbonyl (C=O) groups excluding carboxylic acids is 3. The fourth-order valence-electron chi connectivity index (χ4n) is 8.41. The Hall–Kier alpha value is -2.37. The zero-order chi connectivity index (χ0) is 29.8. The molecule has 4 fully saturated rings. The maximum absolute atomic E-state index is 13.4. The summed E-state index contributed by atoms with van der Waals surface area (Å²) in [5.74, 6) is -6.36. The molecule has 0 aromatic heterocycles. The second-order valence-electron chi connectivity index (χ2n) is 12.9. The average molecular weight is 561 g/mol. The van der Waals surface area contributed by atoms with Crippen molar-refractivity contribution >= 4 is 17.7 Å². The van der Waals surface area contributed by atoms with Crippen LogP contribution in [-0.2, 0) is 28.6 Å². The smallest absolute Gasteiger partial charge is 0.331 e. The van der Waals surface area contributed by atoms with Crippen molar-refractivity contribution in [3.8, 4) is 0 Å². The van der Waals surface area contributed by atoms with Gasteiger partial charge in [-0.15, -0.1) is 0 Å². The number of ketones is 1. The number of allylic oxidation sites excluding steroid dienone is 2. The fraction of sp³-hybridized carbons (Fsp3) is 0.700. The highest BCUT2D eigenvalue weighted by Gasteiger charge is 2.93. The molecular weight excluding hydrogens is 520 g/mol. The van der Waals surface area contributed by atoms with E-state index in [-0.39, 0.29) is 5.57 Å². The van der Waals surface area contributed by atoms with Gasteiger partial charge in [0.2, 0.25) is 0 Å². The first-order valence-corrected chi connectivity index (χ1v) is 14.0. The minimum atomic E-state index is -2.50. The van der Waals surface area contributed by atoms with Gasteiger partial charge in [-0.2, -0.15) is 0 Å². The summed E-state index contributed by atoms with van der Waals surface area (Å²) >= 11 is 0. The third kappa shape index (κ3) is 3.20. The van der Waals surface area contributed by atoms with Crippen LogP contribution in [0.15, 0.2) is 36.5 Å². The maximum Gasteiger partial charge on any atom is 0.331 e. The Labute approximate surface area is 233 Å². The van der Waals surface area contributed by atoms with E-state index in [9.17, 15) is 34.8 Å². The molecule has 1 heterocycles. The summed E-state index contributed by atoms with van der Waals surface area (Å²) in [6.07, 6.45) is 1.94. The van der Waals surface area contributed by atoms with Gasteiger partial charge in [-0.25, -0.2) is 4.79 Å². The molecule has 1 aliphatic heterocycles. The molecule has 1 saturated heterocycles. The molecule has 0 spiro atoms. The van der Waals surface area contributed by atoms with E-state index < -0.39 is 100 Å². The number of esters is 2. The quantitative estimate of drug-likeness (QED) is 0.153. The van der Waals surface area contributed by atoms with Gasteiger partial charge in [0, 0.05) is 35.2 Å². The second kappa shape index (κ2) is 8.82. The number of ether oxygens (including phenoxy) is 3. The van der Waals surface area contributed by atoms with Crippen LogP contribution in [0.4, 0.5) is 0 Å². The standard InChI is InChI=1S/C30H40O10/c1-8-10-11-18(32)38-22-16(5)28(36)17-12-15(4)21(33)29(17,37)25(35)27(13-31)23(39-27)19(28)20-26(6,7)30(20,22)40-24(34)14(3)9-2/h8,10-12,14,16-17,19-20,22-23,25,31,35-37H,1,9,13H2,2-7H3/b11-10+. The van der Waals surface area contributed by atoms with Crippen LogP contribution in [0.25, 0.3) is 0 Å². The molecule has 10 heteroatoms. The van der Waals surface area contributed by atoms with Gasteiger partial charge in [0.1, 0.15) is 17.8 Å². The number of fused-ring (bicyclic) bond motifs is 7. The first-order valence-electron chi connectivity index (χ1n) is 14.0. The first kappa shape index (κ1) is 29.1. The summed E-state index contributed by atoms with van der Waals surface area (Å²) in [6, 6.07) is 0. The minimum absolute atomic E-state index is 0.149. The van der Waals surface area contributed by atoms with Crippen molar-refractivity contribution in [2.75, 3.05) is 6.61 Å². The topological polar surface area (TPSA) is 163 Å². The van der Waals surface area contributed by atoms with Crippen LogP contribution in [-0.4, -0.2) is 85.5 Å². The number of hydrogen-bond donors (Lipinski definition) is 4. The van der Waals surface area contributed by atoms with E-state index in [0.29, 0.717) is 6.42 Å². The number of hydrogen-bond acceptors (Lipinski definition) is 10. The number of epoxide rings is 1. The van der Waals surface area contributed by atoms with Gasteiger partial charge in [0.15, 0.2) is 17.0 Å². The molecule has 0 amide bonds. The molecule has 12 atom stereocenters. The summed E-state index contributed by atoms with van der Waals surface area (Å²) in [5.41, 5.74) is -8.28. The van der Waals surface area contributed by atoms with Crippen LogP contribution in [0.5, 0.6) is 0 Å². The maximum atomic E-state index is 13.4. The Morgan fingerprint density at radius 3 is 2.50 bits per heavy atom. The molecule has 0 aromatic carbocycles. The van der Waals surface area contributed by atoms with Gasteiger partial charge in [-0.1, -0.05) is 59.4 Å². The molecule has 3 saturated carbocycles. The third-order valence-electron chi connectivity index (χ3n) is 10.9. The molecule has 0 aromatic rings. The molecule has 0 bridgehead atoms. The third-order valence-corrected chi connectivity index (χ3v) is 10.9. The molecule has 40 heavy (non-hydrogen) atoms. The summed E-state index contributed by atoms with van der Waals surface area (Å²) in [6.45, 7) is 13.2. The summed E-state index contributed by atoms with van der Waals surface area (Å²) in [4.78, 5) is 39.7. The Morgan fingerprint density at radius 1 is 1.27 bits per heavy atom. The Kier molecular flexibility index (Phi) is 6.42. The van der Waals surface area contributed by atoms with Gasteiger partial charge in [0.25, 0.3) is 0 Å². The van der Waals surface area contributed by atoms with Gasteiger partial charge >= 0.3 is 11.9 Å². The van der Waals surface area contributed by atoms with Gasteiger partial charge < -0.3 is 34.6 Å². The number of aliphatic hydroxyl groups excluding tert-OH is 2. The van der Waals surface area contributed by atoms with Crippen LogP contribution < -0.4 is 0 Å². The second-order valence-corrected chi connectivity index (χ2v) is 12.9. The van der Waals surface area contributed by atoms with Crippen LogP contribution in [0.3, 0.4) is 0 Å². The Bertz CT molecular complexity index is 1220. The van der Waals surface area contributed by atoms with Crippen LogP contribution in [0.2, 0.25) is 0 Å². The molecule has 5 aliphatic rings. The van der Waals surface area contributed by atoms with E-state index in [4.69, 9.17) is 14.2 Å². The zero-order valence-corrected chi connectivity index (χ0v) is 23.8. The molecule has 5 rings (SSSR count). The predicted octanol–water partition coefficient (Wildman–Crippen LogP) is 1.00. The van der Waals surface area contributed by atoms with Crippen molar-refractivity contribution in [3.05, 3.63) is 36.5 Å². The van der Waals surface area contributed by atoms with Crippen molar-refractivity contribution in [3.63, 3.8) is 0 Å². The van der Waals surface area contributed by atoms with E-state index >= 15 is 0 Å². The molecule has 10 nitrogen and oxygen atoms in total. The van der Waals surface area contributed by atoms with E-state index in [0.717, 1.165) is 0 Å². The van der Waals surface area contributed by atoms with Crippen molar-refractivity contribution in [1.82, 2.24) is 0 Å². The minimum Gasteiger partial charge on any atom is -0.455 e. The van der Waals surface area contributed by atoms with Gasteiger partial charge in [-0.3, -0.25) is 9.59 Å². The van der Waals surface area contributed by atoms with Crippen LogP contribution in [0.1, 0.15) is 48.0 Å². The largest absolute Gasteiger partial charge is 0.455 e. The zero-order valence-electron chi connectivity index (χ0n) is 23.8. The van der Waals surface area contributed by atoms with Gasteiger partial charge in [-0.05, 0) is 18.9 Å². The van der Waals surface area contributed by atoms with E-state index in [2.05, 4.69) is 6.58 Å². The number of carbonyl (C=O) groups is 3. The Balaban J connectivity index is 1.73. The highest BCUT2D eigenvalue weighted by molar-refractivity contribution is 6.05. The average Bonchev–Trinajstić information content (AvgIpc) is 3.74. The highest BCUT2D eigenvalue weighted by Crippen LogP contribution is 2.79. The van der Waals surface area contributed by atoms with Crippen molar-refractivity contribution in [2.45, 2.75) is 88.7 Å². The molecule has 4 N–H and O–H groups in total. The van der Waals surface area contributed by atoms with Crippen LogP contribution >= 0.6 is 0 Å². The lowest BCUT2D eigenvalue weighted by Gasteiger charge is -2.53. The molecular formula is C30H40O10.